The third-order valence-electron chi connectivity index (χ3n) is 4.00. The number of anilines is 1. The second kappa shape index (κ2) is 6.03. The summed E-state index contributed by atoms with van der Waals surface area (Å²) >= 11 is 0. The molecule has 1 saturated carbocycles. The van der Waals surface area contributed by atoms with Crippen molar-refractivity contribution >= 4 is 11.5 Å². The second-order valence-corrected chi connectivity index (χ2v) is 5.68. The zero-order chi connectivity index (χ0) is 13.0. The number of hydrogen-bond acceptors (Lipinski definition) is 2. The molecular weight excluding hydrogens is 222 g/mol. The van der Waals surface area contributed by atoms with Gasteiger partial charge in [0.2, 0.25) is 0 Å². The van der Waals surface area contributed by atoms with E-state index in [0.29, 0.717) is 18.1 Å². The van der Waals surface area contributed by atoms with Gasteiger partial charge in [-0.1, -0.05) is 31.9 Å². The van der Waals surface area contributed by atoms with Gasteiger partial charge in [-0.2, -0.15) is 0 Å². The van der Waals surface area contributed by atoms with E-state index in [-0.39, 0.29) is 0 Å². The normalized spacial score (nSPS) is 23.8. The Bertz CT molecular complexity index is 413. The number of hydrogen-bond donors (Lipinski definition) is 1. The molecule has 0 radical (unpaired) electrons. The molecule has 1 aromatic rings. The maximum Gasteiger partial charge on any atom is 0.136 e. The van der Waals surface area contributed by atoms with Gasteiger partial charge in [-0.3, -0.25) is 4.79 Å². The summed E-state index contributed by atoms with van der Waals surface area (Å²) in [6, 6.07) is 7.86. The first-order valence-corrected chi connectivity index (χ1v) is 7.02. The molecule has 2 rings (SSSR count). The Morgan fingerprint density at radius 3 is 2.94 bits per heavy atom. The first-order valence-electron chi connectivity index (χ1n) is 7.02. The number of nitrogen functional groups attached to an aromatic ring is 1. The van der Waals surface area contributed by atoms with Crippen molar-refractivity contribution in [1.82, 2.24) is 0 Å². The third-order valence-corrected chi connectivity index (χ3v) is 4.00. The van der Waals surface area contributed by atoms with Crippen molar-refractivity contribution in [2.24, 2.45) is 11.8 Å². The molecule has 0 saturated heterocycles. The van der Waals surface area contributed by atoms with Gasteiger partial charge in [-0.05, 0) is 42.9 Å². The molecule has 1 aromatic carbocycles. The summed E-state index contributed by atoms with van der Waals surface area (Å²) < 4.78 is 0. The van der Waals surface area contributed by atoms with Crippen molar-refractivity contribution in [3.8, 4) is 0 Å². The molecule has 1 aliphatic carbocycles. The largest absolute Gasteiger partial charge is 0.399 e. The summed E-state index contributed by atoms with van der Waals surface area (Å²) in [5.41, 5.74) is 7.70. The van der Waals surface area contributed by atoms with Crippen LogP contribution in [0.25, 0.3) is 0 Å². The van der Waals surface area contributed by atoms with Crippen LogP contribution in [0.1, 0.15) is 44.6 Å². The quantitative estimate of drug-likeness (QED) is 0.824. The molecular formula is C16H23NO. The van der Waals surface area contributed by atoms with E-state index in [9.17, 15) is 4.79 Å². The van der Waals surface area contributed by atoms with Gasteiger partial charge < -0.3 is 5.73 Å². The molecule has 2 nitrogen and oxygen atoms in total. The van der Waals surface area contributed by atoms with Gasteiger partial charge >= 0.3 is 0 Å². The van der Waals surface area contributed by atoms with Gasteiger partial charge in [0.15, 0.2) is 0 Å². The molecule has 0 aromatic heterocycles. The molecule has 0 spiro atoms. The van der Waals surface area contributed by atoms with Crippen LogP contribution in [0.4, 0.5) is 5.69 Å². The minimum Gasteiger partial charge on any atom is -0.399 e. The molecule has 2 heteroatoms. The van der Waals surface area contributed by atoms with Gasteiger partial charge in [-0.15, -0.1) is 0 Å². The van der Waals surface area contributed by atoms with Crippen LogP contribution >= 0.6 is 0 Å². The smallest absolute Gasteiger partial charge is 0.136 e. The topological polar surface area (TPSA) is 43.1 Å². The lowest BCUT2D eigenvalue weighted by atomic mass is 9.79. The fraction of sp³-hybridized carbons (Fsp3) is 0.562. The summed E-state index contributed by atoms with van der Waals surface area (Å²) in [6.45, 7) is 2.26. The van der Waals surface area contributed by atoms with Crippen molar-refractivity contribution in [2.45, 2.75) is 45.4 Å². The molecule has 1 aliphatic rings. The Balaban J connectivity index is 1.84. The summed E-state index contributed by atoms with van der Waals surface area (Å²) in [4.78, 5) is 12.2. The van der Waals surface area contributed by atoms with Crippen molar-refractivity contribution < 1.29 is 4.79 Å². The number of aryl methyl sites for hydroxylation is 1. The van der Waals surface area contributed by atoms with Crippen LogP contribution in [0.2, 0.25) is 0 Å². The lowest BCUT2D eigenvalue weighted by Crippen LogP contribution is -2.22. The summed E-state index contributed by atoms with van der Waals surface area (Å²) in [6.07, 6.45) is 6.19. The van der Waals surface area contributed by atoms with E-state index in [2.05, 4.69) is 6.92 Å². The Hall–Kier alpha value is -1.31. The predicted molar refractivity (Wildman–Crippen MR) is 75.3 cm³/mol. The van der Waals surface area contributed by atoms with E-state index in [1.807, 2.05) is 24.3 Å². The average Bonchev–Trinajstić information content (AvgIpc) is 2.36. The number of ketones is 1. The second-order valence-electron chi connectivity index (χ2n) is 5.68. The Morgan fingerprint density at radius 1 is 1.39 bits per heavy atom. The number of benzene rings is 1. The minimum atomic E-state index is 0.315. The van der Waals surface area contributed by atoms with Crippen LogP contribution in [0.15, 0.2) is 24.3 Å². The monoisotopic (exact) mass is 245 g/mol. The molecule has 0 amide bonds. The first-order chi connectivity index (χ1) is 8.65. The lowest BCUT2D eigenvalue weighted by Gasteiger charge is -2.25. The van der Waals surface area contributed by atoms with Gasteiger partial charge in [0, 0.05) is 18.0 Å². The fourth-order valence-electron chi connectivity index (χ4n) is 2.95. The number of Topliss-reactive ketones (excluding diaryl/α,β-unsaturated/α-hetero) is 1. The molecule has 2 atom stereocenters. The molecule has 18 heavy (non-hydrogen) atoms. The Labute approximate surface area is 110 Å². The van der Waals surface area contributed by atoms with Crippen LogP contribution < -0.4 is 5.73 Å². The number of nitrogens with two attached hydrogens (primary N) is 1. The number of carbonyl (C=O) groups is 1. The van der Waals surface area contributed by atoms with Crippen molar-refractivity contribution in [1.29, 1.82) is 0 Å². The maximum absolute atomic E-state index is 12.2. The van der Waals surface area contributed by atoms with Gasteiger partial charge in [0.05, 0.1) is 0 Å². The highest BCUT2D eigenvalue weighted by Crippen LogP contribution is 2.30. The standard InChI is InChI=1S/C16H23NO/c1-12-4-2-6-14(10-12)16(18)9-8-13-5-3-7-15(17)11-13/h3,5,7,11-12,14H,2,4,6,8-10,17H2,1H3. The van der Waals surface area contributed by atoms with Crippen LogP contribution in [-0.4, -0.2) is 5.78 Å². The lowest BCUT2D eigenvalue weighted by molar-refractivity contribution is -0.124. The van der Waals surface area contributed by atoms with E-state index >= 15 is 0 Å². The third kappa shape index (κ3) is 3.59. The number of rotatable bonds is 4. The maximum atomic E-state index is 12.2. The zero-order valence-corrected chi connectivity index (χ0v) is 11.2. The van der Waals surface area contributed by atoms with E-state index in [0.717, 1.165) is 30.9 Å². The molecule has 1 fully saturated rings. The highest BCUT2D eigenvalue weighted by Gasteiger charge is 2.24. The highest BCUT2D eigenvalue weighted by molar-refractivity contribution is 5.81. The van der Waals surface area contributed by atoms with Crippen LogP contribution in [-0.2, 0) is 11.2 Å². The van der Waals surface area contributed by atoms with Crippen molar-refractivity contribution in [3.05, 3.63) is 29.8 Å². The van der Waals surface area contributed by atoms with E-state index in [1.165, 1.54) is 18.4 Å². The van der Waals surface area contributed by atoms with Crippen LogP contribution in [0.3, 0.4) is 0 Å². The van der Waals surface area contributed by atoms with E-state index in [4.69, 9.17) is 5.73 Å². The average molecular weight is 245 g/mol. The van der Waals surface area contributed by atoms with E-state index < -0.39 is 0 Å². The van der Waals surface area contributed by atoms with E-state index in [1.54, 1.807) is 0 Å². The zero-order valence-electron chi connectivity index (χ0n) is 11.2. The van der Waals surface area contributed by atoms with Crippen LogP contribution in [0, 0.1) is 11.8 Å². The van der Waals surface area contributed by atoms with Crippen molar-refractivity contribution in [3.63, 3.8) is 0 Å². The summed E-state index contributed by atoms with van der Waals surface area (Å²) in [7, 11) is 0. The number of carbonyl (C=O) groups excluding carboxylic acids is 1. The minimum absolute atomic E-state index is 0.315. The Kier molecular flexibility index (Phi) is 4.40. The SMILES string of the molecule is CC1CCCC(C(=O)CCc2cccc(N)c2)C1. The summed E-state index contributed by atoms with van der Waals surface area (Å²) in [5, 5.41) is 0. The van der Waals surface area contributed by atoms with Gasteiger partial charge in [0.25, 0.3) is 0 Å². The molecule has 0 bridgehead atoms. The first kappa shape index (κ1) is 13.1. The highest BCUT2D eigenvalue weighted by atomic mass is 16.1. The van der Waals surface area contributed by atoms with Crippen molar-refractivity contribution in [2.75, 3.05) is 5.73 Å². The molecule has 0 aliphatic heterocycles. The molecule has 2 N–H and O–H groups in total. The predicted octanol–water partition coefficient (Wildman–Crippen LogP) is 3.60. The fourth-order valence-corrected chi connectivity index (χ4v) is 2.95. The molecule has 2 unspecified atom stereocenters. The molecule has 0 heterocycles. The van der Waals surface area contributed by atoms with Crippen LogP contribution in [0.5, 0.6) is 0 Å². The summed E-state index contributed by atoms with van der Waals surface area (Å²) in [5.74, 6) is 1.49. The van der Waals surface area contributed by atoms with Gasteiger partial charge in [-0.25, -0.2) is 0 Å². The Morgan fingerprint density at radius 2 is 2.22 bits per heavy atom. The molecule has 98 valence electrons. The van der Waals surface area contributed by atoms with Gasteiger partial charge in [0.1, 0.15) is 5.78 Å².